The molecule has 1 saturated heterocycles. The largest absolute Gasteiger partial charge is 0.508 e. The van der Waals surface area contributed by atoms with E-state index < -0.39 is 6.10 Å². The molecule has 1 heterocycles. The molecule has 5 unspecified atom stereocenters. The minimum atomic E-state index is -0.411. The number of aliphatic hydroxyl groups is 2. The maximum Gasteiger partial charge on any atom is 0.115 e. The summed E-state index contributed by atoms with van der Waals surface area (Å²) >= 11 is 0. The first kappa shape index (κ1) is 16.3. The molecule has 3 aliphatic rings. The van der Waals surface area contributed by atoms with Crippen molar-refractivity contribution in [3.63, 3.8) is 0 Å². The van der Waals surface area contributed by atoms with Crippen LogP contribution in [-0.2, 0) is 16.6 Å². The maximum absolute atomic E-state index is 11.0. The highest BCUT2D eigenvalue weighted by Gasteiger charge is 2.58. The van der Waals surface area contributed by atoms with Gasteiger partial charge in [0.25, 0.3) is 0 Å². The van der Waals surface area contributed by atoms with Gasteiger partial charge in [0.2, 0.25) is 0 Å². The van der Waals surface area contributed by atoms with Gasteiger partial charge >= 0.3 is 0 Å². The highest BCUT2D eigenvalue weighted by Crippen LogP contribution is 2.56. The second kappa shape index (κ2) is 5.99. The highest BCUT2D eigenvalue weighted by atomic mass is 16.5. The second-order valence-corrected chi connectivity index (χ2v) is 7.75. The Morgan fingerprint density at radius 2 is 2.21 bits per heavy atom. The third-order valence-electron chi connectivity index (χ3n) is 6.54. The van der Waals surface area contributed by atoms with Crippen LogP contribution < -0.4 is 0 Å². The van der Waals surface area contributed by atoms with Gasteiger partial charge < -0.3 is 25.0 Å². The zero-order valence-corrected chi connectivity index (χ0v) is 14.2. The SMILES string of the molecule is CN1CCC23CC(OCCO)CC(O)C2C1Cc1ccc(O)cc13. The Hall–Kier alpha value is -1.14. The maximum atomic E-state index is 11.0. The summed E-state index contributed by atoms with van der Waals surface area (Å²) in [5.74, 6) is 0.478. The van der Waals surface area contributed by atoms with Gasteiger partial charge in [0, 0.05) is 17.4 Å². The van der Waals surface area contributed by atoms with Crippen LogP contribution in [-0.4, -0.2) is 65.3 Å². The molecule has 0 amide bonds. The van der Waals surface area contributed by atoms with Crippen LogP contribution in [0.3, 0.4) is 0 Å². The molecule has 5 atom stereocenters. The van der Waals surface area contributed by atoms with Crippen LogP contribution in [0.15, 0.2) is 18.2 Å². The van der Waals surface area contributed by atoms with Gasteiger partial charge in [-0.05, 0) is 62.5 Å². The zero-order chi connectivity index (χ0) is 16.9. The molecular weight excluding hydrogens is 306 g/mol. The number of hydrogen-bond donors (Lipinski definition) is 3. The molecular formula is C19H27NO4. The Kier molecular flexibility index (Phi) is 4.07. The zero-order valence-electron chi connectivity index (χ0n) is 14.2. The molecule has 132 valence electrons. The Labute approximate surface area is 142 Å². The Balaban J connectivity index is 1.79. The summed E-state index contributed by atoms with van der Waals surface area (Å²) in [5.41, 5.74) is 2.35. The molecule has 2 bridgehead atoms. The van der Waals surface area contributed by atoms with E-state index in [4.69, 9.17) is 9.84 Å². The Morgan fingerprint density at radius 3 is 3.00 bits per heavy atom. The average Bonchev–Trinajstić information content (AvgIpc) is 2.57. The lowest BCUT2D eigenvalue weighted by Crippen LogP contribution is -2.65. The second-order valence-electron chi connectivity index (χ2n) is 7.75. The lowest BCUT2D eigenvalue weighted by Gasteiger charge is -2.60. The number of likely N-dealkylation sites (N-methyl/N-ethyl adjacent to an activating group) is 1. The minimum absolute atomic E-state index is 0.00572. The summed E-state index contributed by atoms with van der Waals surface area (Å²) in [4.78, 5) is 2.39. The third-order valence-corrected chi connectivity index (χ3v) is 6.54. The van der Waals surface area contributed by atoms with Crippen molar-refractivity contribution < 1.29 is 20.1 Å². The fourth-order valence-corrected chi connectivity index (χ4v) is 5.60. The van der Waals surface area contributed by atoms with Gasteiger partial charge in [0.1, 0.15) is 5.75 Å². The van der Waals surface area contributed by atoms with Crippen LogP contribution in [0, 0.1) is 5.92 Å². The molecule has 1 aliphatic heterocycles. The standard InChI is InChI=1S/C19H27NO4/c1-20-5-4-19-11-14(24-7-6-21)10-17(23)18(19)16(20)8-12-2-3-13(22)9-15(12)19/h2-3,9,14,16-18,21-23H,4-8,10-11H2,1H3. The van der Waals surface area contributed by atoms with E-state index in [9.17, 15) is 10.2 Å². The molecule has 5 heteroatoms. The van der Waals surface area contributed by atoms with Crippen molar-refractivity contribution in [2.45, 2.75) is 49.3 Å². The molecule has 24 heavy (non-hydrogen) atoms. The van der Waals surface area contributed by atoms with E-state index in [0.717, 1.165) is 25.8 Å². The van der Waals surface area contributed by atoms with Gasteiger partial charge in [0.15, 0.2) is 0 Å². The number of phenolic OH excluding ortho intramolecular Hbond substituents is 1. The van der Waals surface area contributed by atoms with Gasteiger partial charge in [-0.1, -0.05) is 6.07 Å². The summed E-state index contributed by atoms with van der Waals surface area (Å²) < 4.78 is 5.82. The van der Waals surface area contributed by atoms with Crippen molar-refractivity contribution in [2.24, 2.45) is 5.92 Å². The molecule has 2 aliphatic carbocycles. The van der Waals surface area contributed by atoms with Gasteiger partial charge in [0.05, 0.1) is 25.4 Å². The number of aliphatic hydroxyl groups excluding tert-OH is 2. The summed E-state index contributed by atoms with van der Waals surface area (Å²) in [5, 5.41) is 30.1. The van der Waals surface area contributed by atoms with Crippen LogP contribution in [0.25, 0.3) is 0 Å². The Bertz CT molecular complexity index is 621. The fourth-order valence-electron chi connectivity index (χ4n) is 5.60. The molecule has 5 nitrogen and oxygen atoms in total. The highest BCUT2D eigenvalue weighted by molar-refractivity contribution is 5.45. The van der Waals surface area contributed by atoms with Gasteiger partial charge in [-0.3, -0.25) is 0 Å². The van der Waals surface area contributed by atoms with E-state index in [-0.39, 0.29) is 24.0 Å². The van der Waals surface area contributed by atoms with E-state index in [1.165, 1.54) is 11.1 Å². The number of rotatable bonds is 3. The van der Waals surface area contributed by atoms with Crippen molar-refractivity contribution in [3.05, 3.63) is 29.3 Å². The third kappa shape index (κ3) is 2.37. The van der Waals surface area contributed by atoms with Gasteiger partial charge in [-0.15, -0.1) is 0 Å². The van der Waals surface area contributed by atoms with Crippen molar-refractivity contribution >= 4 is 0 Å². The first-order chi connectivity index (χ1) is 11.5. The molecule has 2 fully saturated rings. The van der Waals surface area contributed by atoms with Gasteiger partial charge in [-0.2, -0.15) is 0 Å². The topological polar surface area (TPSA) is 73.2 Å². The lowest BCUT2D eigenvalue weighted by atomic mass is 9.51. The van der Waals surface area contributed by atoms with E-state index in [0.29, 0.717) is 24.8 Å². The summed E-state index contributed by atoms with van der Waals surface area (Å²) in [6.45, 7) is 1.32. The molecule has 3 N–H and O–H groups in total. The average molecular weight is 333 g/mol. The number of phenols is 1. The van der Waals surface area contributed by atoms with Crippen LogP contribution in [0.2, 0.25) is 0 Å². The predicted octanol–water partition coefficient (Wildman–Crippen LogP) is 1.04. The van der Waals surface area contributed by atoms with E-state index >= 15 is 0 Å². The number of nitrogens with zero attached hydrogens (tertiary/aromatic N) is 1. The molecule has 1 aromatic carbocycles. The Morgan fingerprint density at radius 1 is 1.38 bits per heavy atom. The van der Waals surface area contributed by atoms with E-state index in [1.54, 1.807) is 6.07 Å². The van der Waals surface area contributed by atoms with Crippen molar-refractivity contribution in [1.29, 1.82) is 0 Å². The van der Waals surface area contributed by atoms with Crippen LogP contribution in [0.5, 0.6) is 5.75 Å². The van der Waals surface area contributed by atoms with Crippen LogP contribution >= 0.6 is 0 Å². The number of piperidine rings is 1. The number of likely N-dealkylation sites (tertiary alicyclic amines) is 1. The molecule has 0 aromatic heterocycles. The lowest BCUT2D eigenvalue weighted by molar-refractivity contribution is -0.127. The number of benzene rings is 1. The fraction of sp³-hybridized carbons (Fsp3) is 0.684. The van der Waals surface area contributed by atoms with Crippen LogP contribution in [0.1, 0.15) is 30.4 Å². The molecule has 1 aromatic rings. The summed E-state index contributed by atoms with van der Waals surface area (Å²) in [7, 11) is 2.15. The molecule has 0 spiro atoms. The van der Waals surface area contributed by atoms with Crippen molar-refractivity contribution in [2.75, 3.05) is 26.8 Å². The summed E-state index contributed by atoms with van der Waals surface area (Å²) in [6, 6.07) is 6.05. The first-order valence-corrected chi connectivity index (χ1v) is 8.98. The number of hydrogen-bond acceptors (Lipinski definition) is 5. The number of aromatic hydroxyl groups is 1. The summed E-state index contributed by atoms with van der Waals surface area (Å²) in [6.07, 6.45) is 2.93. The number of ether oxygens (including phenoxy) is 1. The van der Waals surface area contributed by atoms with Crippen LogP contribution in [0.4, 0.5) is 0 Å². The van der Waals surface area contributed by atoms with E-state index in [1.807, 2.05) is 12.1 Å². The van der Waals surface area contributed by atoms with E-state index in [2.05, 4.69) is 11.9 Å². The monoisotopic (exact) mass is 333 g/mol. The smallest absolute Gasteiger partial charge is 0.115 e. The number of fused-ring (bicyclic) bond motifs is 1. The molecule has 1 saturated carbocycles. The normalized spacial score (nSPS) is 38.5. The van der Waals surface area contributed by atoms with Crippen molar-refractivity contribution in [3.8, 4) is 5.75 Å². The van der Waals surface area contributed by atoms with Crippen molar-refractivity contribution in [1.82, 2.24) is 4.90 Å². The van der Waals surface area contributed by atoms with Gasteiger partial charge in [-0.25, -0.2) is 0 Å². The molecule has 0 radical (unpaired) electrons. The quantitative estimate of drug-likeness (QED) is 0.771. The minimum Gasteiger partial charge on any atom is -0.508 e. The molecule has 4 rings (SSSR count). The first-order valence-electron chi connectivity index (χ1n) is 8.98. The predicted molar refractivity (Wildman–Crippen MR) is 90.1 cm³/mol.